The highest BCUT2D eigenvalue weighted by Crippen LogP contribution is 2.56. The first-order valence-corrected chi connectivity index (χ1v) is 10.4. The van der Waals surface area contributed by atoms with Gasteiger partial charge in [-0.3, -0.25) is 4.79 Å². The van der Waals surface area contributed by atoms with E-state index in [1.165, 1.54) is 38.5 Å². The summed E-state index contributed by atoms with van der Waals surface area (Å²) in [4.78, 5) is 15.1. The van der Waals surface area contributed by atoms with Gasteiger partial charge in [0.25, 0.3) is 0 Å². The van der Waals surface area contributed by atoms with Crippen LogP contribution in [-0.4, -0.2) is 36.5 Å². The molecule has 1 aromatic rings. The van der Waals surface area contributed by atoms with Crippen LogP contribution in [0.25, 0.3) is 0 Å². The molecule has 2 N–H and O–H groups in total. The fourth-order valence-corrected chi connectivity index (χ4v) is 4.99. The summed E-state index contributed by atoms with van der Waals surface area (Å²) < 4.78 is 5.52. The summed E-state index contributed by atoms with van der Waals surface area (Å²) in [6.45, 7) is 1.87. The average molecular weight is 377 g/mol. The van der Waals surface area contributed by atoms with Crippen molar-refractivity contribution in [2.45, 2.75) is 57.4 Å². The van der Waals surface area contributed by atoms with Crippen LogP contribution < -0.4 is 10.5 Å². The van der Waals surface area contributed by atoms with E-state index in [0.717, 1.165) is 30.7 Å². The molecule has 2 saturated carbocycles. The van der Waals surface area contributed by atoms with Crippen molar-refractivity contribution in [3.8, 4) is 5.75 Å². The molecule has 5 heteroatoms. The SMILES string of the molecule is NCCOc1ccc(CC2CCN(C3CCC4(CC3)CC4)C2=O)c(Cl)c1. The van der Waals surface area contributed by atoms with Crippen molar-refractivity contribution in [3.63, 3.8) is 0 Å². The minimum Gasteiger partial charge on any atom is -0.492 e. The summed E-state index contributed by atoms with van der Waals surface area (Å²) in [6, 6.07) is 6.22. The van der Waals surface area contributed by atoms with Gasteiger partial charge in [-0.2, -0.15) is 0 Å². The lowest BCUT2D eigenvalue weighted by Crippen LogP contribution is -2.40. The first kappa shape index (κ1) is 18.1. The third-order valence-corrected chi connectivity index (χ3v) is 6.99. The molecule has 1 heterocycles. The Labute approximate surface area is 161 Å². The minimum absolute atomic E-state index is 0.0696. The Morgan fingerprint density at radius 1 is 1.19 bits per heavy atom. The van der Waals surface area contributed by atoms with E-state index < -0.39 is 0 Å². The van der Waals surface area contributed by atoms with Gasteiger partial charge in [0.2, 0.25) is 5.91 Å². The van der Waals surface area contributed by atoms with E-state index in [4.69, 9.17) is 22.1 Å². The molecule has 3 fully saturated rings. The largest absolute Gasteiger partial charge is 0.492 e. The van der Waals surface area contributed by atoms with E-state index in [9.17, 15) is 4.79 Å². The number of ether oxygens (including phenoxy) is 1. The maximum absolute atomic E-state index is 12.9. The molecule has 2 aliphatic carbocycles. The molecule has 1 saturated heterocycles. The fraction of sp³-hybridized carbons (Fsp3) is 0.667. The van der Waals surface area contributed by atoms with E-state index in [1.54, 1.807) is 0 Å². The van der Waals surface area contributed by atoms with Gasteiger partial charge in [0, 0.05) is 30.1 Å². The second-order valence-electron chi connectivity index (χ2n) is 8.34. The van der Waals surface area contributed by atoms with Crippen LogP contribution in [0.1, 0.15) is 50.5 Å². The zero-order valence-electron chi connectivity index (χ0n) is 15.4. The monoisotopic (exact) mass is 376 g/mol. The third kappa shape index (κ3) is 3.72. The number of carbonyl (C=O) groups is 1. The number of likely N-dealkylation sites (tertiary alicyclic amines) is 1. The number of nitrogens with two attached hydrogens (primary N) is 1. The normalized spacial score (nSPS) is 25.1. The van der Waals surface area contributed by atoms with Gasteiger partial charge in [0.1, 0.15) is 12.4 Å². The molecule has 0 aromatic heterocycles. The topological polar surface area (TPSA) is 55.6 Å². The van der Waals surface area contributed by atoms with Crippen molar-refractivity contribution >= 4 is 17.5 Å². The van der Waals surface area contributed by atoms with Gasteiger partial charge < -0.3 is 15.4 Å². The number of halogens is 1. The van der Waals surface area contributed by atoms with Crippen LogP contribution in [0.2, 0.25) is 5.02 Å². The van der Waals surface area contributed by atoms with Gasteiger partial charge in [0.05, 0.1) is 0 Å². The van der Waals surface area contributed by atoms with Crippen LogP contribution in [0.5, 0.6) is 5.75 Å². The van der Waals surface area contributed by atoms with Crippen LogP contribution in [0.15, 0.2) is 18.2 Å². The second kappa shape index (κ2) is 7.40. The van der Waals surface area contributed by atoms with E-state index in [0.29, 0.717) is 35.5 Å². The van der Waals surface area contributed by atoms with E-state index in [2.05, 4.69) is 4.90 Å². The molecule has 4 rings (SSSR count). The Morgan fingerprint density at radius 2 is 1.96 bits per heavy atom. The Morgan fingerprint density at radius 3 is 2.62 bits per heavy atom. The first-order chi connectivity index (χ1) is 12.6. The third-order valence-electron chi connectivity index (χ3n) is 6.64. The Kier molecular flexibility index (Phi) is 5.15. The zero-order chi connectivity index (χ0) is 18.1. The van der Waals surface area contributed by atoms with E-state index in [-0.39, 0.29) is 5.92 Å². The van der Waals surface area contributed by atoms with E-state index >= 15 is 0 Å². The predicted molar refractivity (Wildman–Crippen MR) is 103 cm³/mol. The molecule has 1 atom stereocenters. The van der Waals surface area contributed by atoms with Gasteiger partial charge in [-0.15, -0.1) is 0 Å². The van der Waals surface area contributed by atoms with Gasteiger partial charge in [-0.25, -0.2) is 0 Å². The van der Waals surface area contributed by atoms with Crippen molar-refractivity contribution in [2.75, 3.05) is 19.7 Å². The van der Waals surface area contributed by atoms with Crippen molar-refractivity contribution in [3.05, 3.63) is 28.8 Å². The van der Waals surface area contributed by atoms with Crippen LogP contribution in [-0.2, 0) is 11.2 Å². The Balaban J connectivity index is 1.35. The molecular weight excluding hydrogens is 348 g/mol. The summed E-state index contributed by atoms with van der Waals surface area (Å²) in [6.07, 6.45) is 9.55. The number of amides is 1. The number of hydrogen-bond donors (Lipinski definition) is 1. The van der Waals surface area contributed by atoms with Crippen molar-refractivity contribution in [1.29, 1.82) is 0 Å². The minimum atomic E-state index is 0.0696. The van der Waals surface area contributed by atoms with Gasteiger partial charge in [0.15, 0.2) is 0 Å². The van der Waals surface area contributed by atoms with Crippen molar-refractivity contribution in [1.82, 2.24) is 4.90 Å². The highest BCUT2D eigenvalue weighted by atomic mass is 35.5. The Hall–Kier alpha value is -1.26. The molecule has 26 heavy (non-hydrogen) atoms. The number of hydrogen-bond acceptors (Lipinski definition) is 3. The molecule has 1 amide bonds. The average Bonchev–Trinajstić information content (AvgIpc) is 3.31. The smallest absolute Gasteiger partial charge is 0.226 e. The number of rotatable bonds is 6. The Bertz CT molecular complexity index is 664. The van der Waals surface area contributed by atoms with Gasteiger partial charge in [-0.05, 0) is 74.5 Å². The molecule has 4 nitrogen and oxygen atoms in total. The maximum atomic E-state index is 12.9. The summed E-state index contributed by atoms with van der Waals surface area (Å²) in [5.41, 5.74) is 7.18. The quantitative estimate of drug-likeness (QED) is 0.821. The molecule has 1 unspecified atom stereocenters. The summed E-state index contributed by atoms with van der Waals surface area (Å²) >= 11 is 6.42. The number of carbonyl (C=O) groups excluding carboxylic acids is 1. The number of benzene rings is 1. The van der Waals surface area contributed by atoms with Crippen molar-refractivity contribution in [2.24, 2.45) is 17.1 Å². The lowest BCUT2D eigenvalue weighted by atomic mass is 9.83. The molecule has 0 radical (unpaired) electrons. The van der Waals surface area contributed by atoms with Crippen molar-refractivity contribution < 1.29 is 9.53 Å². The molecule has 142 valence electrons. The van der Waals surface area contributed by atoms with Crippen LogP contribution in [0.4, 0.5) is 0 Å². The molecule has 1 aliphatic heterocycles. The maximum Gasteiger partial charge on any atom is 0.226 e. The summed E-state index contributed by atoms with van der Waals surface area (Å²) in [7, 11) is 0. The molecule has 0 bridgehead atoms. The zero-order valence-corrected chi connectivity index (χ0v) is 16.1. The van der Waals surface area contributed by atoms with Crippen LogP contribution >= 0.6 is 11.6 Å². The molecule has 3 aliphatic rings. The standard InChI is InChI=1S/C21H29ClN2O2/c22-19-14-18(26-12-10-23)2-1-15(19)13-16-5-11-24(20(16)25)17-3-6-21(7-4-17)8-9-21/h1-2,14,16-17H,3-13,23H2. The molecular formula is C21H29ClN2O2. The molecule has 1 spiro atoms. The molecule has 1 aromatic carbocycles. The van der Waals surface area contributed by atoms with Crippen LogP contribution in [0, 0.1) is 11.3 Å². The first-order valence-electron chi connectivity index (χ1n) is 10.0. The summed E-state index contributed by atoms with van der Waals surface area (Å²) in [5, 5.41) is 0.680. The van der Waals surface area contributed by atoms with Gasteiger partial charge >= 0.3 is 0 Å². The van der Waals surface area contributed by atoms with E-state index in [1.807, 2.05) is 18.2 Å². The highest BCUT2D eigenvalue weighted by Gasteiger charge is 2.47. The highest BCUT2D eigenvalue weighted by molar-refractivity contribution is 6.31. The lowest BCUT2D eigenvalue weighted by Gasteiger charge is -2.35. The summed E-state index contributed by atoms with van der Waals surface area (Å²) in [5.74, 6) is 1.14. The van der Waals surface area contributed by atoms with Gasteiger partial charge in [-0.1, -0.05) is 17.7 Å². The lowest BCUT2D eigenvalue weighted by molar-refractivity contribution is -0.133. The van der Waals surface area contributed by atoms with Crippen LogP contribution in [0.3, 0.4) is 0 Å². The fourth-order valence-electron chi connectivity index (χ4n) is 4.74. The predicted octanol–water partition coefficient (Wildman–Crippen LogP) is 3.79. The second-order valence-corrected chi connectivity index (χ2v) is 8.75. The number of nitrogens with zero attached hydrogens (tertiary/aromatic N) is 1.